The van der Waals surface area contributed by atoms with Crippen LogP contribution in [-0.4, -0.2) is 70.2 Å². The van der Waals surface area contributed by atoms with Gasteiger partial charge in [0.1, 0.15) is 17.7 Å². The van der Waals surface area contributed by atoms with Crippen molar-refractivity contribution in [2.75, 3.05) is 11.9 Å². The van der Waals surface area contributed by atoms with E-state index in [2.05, 4.69) is 20.7 Å². The van der Waals surface area contributed by atoms with E-state index in [4.69, 9.17) is 9.84 Å². The van der Waals surface area contributed by atoms with Crippen LogP contribution >= 0.6 is 11.8 Å². The molecule has 5 N–H and O–H groups in total. The summed E-state index contributed by atoms with van der Waals surface area (Å²) in [5, 5.41) is 27.5. The van der Waals surface area contributed by atoms with E-state index in [1.165, 1.54) is 30.0 Å². The van der Waals surface area contributed by atoms with E-state index >= 15 is 0 Å². The van der Waals surface area contributed by atoms with Crippen LogP contribution in [0.1, 0.15) is 30.6 Å². The molecule has 1 aromatic carbocycles. The minimum absolute atomic E-state index is 0.0345. The Morgan fingerprint density at radius 1 is 1.14 bits per heavy atom. The lowest BCUT2D eigenvalue weighted by atomic mass is 9.87. The van der Waals surface area contributed by atoms with E-state index in [1.54, 1.807) is 19.9 Å². The number of nitrogens with one attached hydrogen (secondary N) is 3. The smallest absolute Gasteiger partial charge is 0.478 e. The summed E-state index contributed by atoms with van der Waals surface area (Å²) in [4.78, 5) is 60.1. The van der Waals surface area contributed by atoms with E-state index in [0.29, 0.717) is 23.6 Å². The topological polar surface area (TPSA) is 180 Å². The Labute approximate surface area is 209 Å². The Bertz CT molecular complexity index is 1150. The Hall–Kier alpha value is -3.58. The van der Waals surface area contributed by atoms with Crippen LogP contribution in [0.15, 0.2) is 34.9 Å². The van der Waals surface area contributed by atoms with Crippen LogP contribution < -0.4 is 16.0 Å². The van der Waals surface area contributed by atoms with Gasteiger partial charge in [0.05, 0.1) is 17.6 Å². The number of anilines is 1. The number of cyclic esters (lactones) is 3. The van der Waals surface area contributed by atoms with Crippen molar-refractivity contribution in [3.8, 4) is 0 Å². The number of aromatic carboxylic acids is 1. The second-order valence-electron chi connectivity index (χ2n) is 8.83. The van der Waals surface area contributed by atoms with Gasteiger partial charge in [0.15, 0.2) is 0 Å². The fraction of sp³-hybridized carbons (Fsp3) is 0.435. The average molecular weight is 520 g/mol. The number of esters is 1. The average Bonchev–Trinajstić information content (AvgIpc) is 3.39. The first-order valence-corrected chi connectivity index (χ1v) is 12.1. The Morgan fingerprint density at radius 2 is 1.89 bits per heavy atom. The highest BCUT2D eigenvalue weighted by molar-refractivity contribution is 8.03. The molecule has 3 heterocycles. The zero-order valence-corrected chi connectivity index (χ0v) is 20.2. The number of amides is 1. The second kappa shape index (κ2) is 10.2. The third-order valence-corrected chi connectivity index (χ3v) is 7.95. The predicted octanol–water partition coefficient (Wildman–Crippen LogP) is 1.39. The summed E-state index contributed by atoms with van der Waals surface area (Å²) in [5.74, 6) is -4.67. The summed E-state index contributed by atoms with van der Waals surface area (Å²) in [7, 11) is 0. The van der Waals surface area contributed by atoms with Crippen molar-refractivity contribution in [2.24, 2.45) is 11.8 Å². The summed E-state index contributed by atoms with van der Waals surface area (Å²) in [5.41, 5.74) is 0.379. The number of benzene rings is 1. The molecule has 13 heteroatoms. The van der Waals surface area contributed by atoms with Gasteiger partial charge in [-0.2, -0.15) is 0 Å². The number of ether oxygens (including phenoxy) is 2. The van der Waals surface area contributed by atoms with Crippen LogP contribution in [0.2, 0.25) is 0 Å². The SMILES string of the molecule is C[C@@H]1OC(=O)OC(=O)[C@H]1[C@@H]1NC(C(=O)O)=C(S[C@@H]2CN[C@H](C(=O)Nc3cccc(C(=O)O)c3)C2)[C@@H]1C. The molecule has 192 valence electrons. The van der Waals surface area contributed by atoms with Gasteiger partial charge in [0.2, 0.25) is 5.91 Å². The lowest BCUT2D eigenvalue weighted by molar-refractivity contribution is -0.160. The minimum atomic E-state index is -1.18. The van der Waals surface area contributed by atoms with Crippen molar-refractivity contribution < 1.29 is 43.7 Å². The molecule has 0 unspecified atom stereocenters. The molecular weight excluding hydrogens is 494 g/mol. The molecule has 1 amide bonds. The van der Waals surface area contributed by atoms with Gasteiger partial charge in [-0.1, -0.05) is 13.0 Å². The van der Waals surface area contributed by atoms with Gasteiger partial charge in [0.25, 0.3) is 0 Å². The van der Waals surface area contributed by atoms with Crippen LogP contribution in [0.25, 0.3) is 0 Å². The molecule has 3 aliphatic heterocycles. The number of carbonyl (C=O) groups is 5. The lowest BCUT2D eigenvalue weighted by Gasteiger charge is -2.33. The third kappa shape index (κ3) is 5.16. The predicted molar refractivity (Wildman–Crippen MR) is 126 cm³/mol. The zero-order valence-electron chi connectivity index (χ0n) is 19.3. The van der Waals surface area contributed by atoms with Crippen LogP contribution in [-0.2, 0) is 23.9 Å². The highest BCUT2D eigenvalue weighted by Crippen LogP contribution is 2.42. The van der Waals surface area contributed by atoms with Gasteiger partial charge >= 0.3 is 24.1 Å². The summed E-state index contributed by atoms with van der Waals surface area (Å²) >= 11 is 1.32. The highest BCUT2D eigenvalue weighted by Gasteiger charge is 2.49. The largest absolute Gasteiger partial charge is 0.516 e. The first-order chi connectivity index (χ1) is 17.0. The molecule has 3 aliphatic rings. The minimum Gasteiger partial charge on any atom is -0.478 e. The Morgan fingerprint density at radius 3 is 2.56 bits per heavy atom. The van der Waals surface area contributed by atoms with E-state index in [9.17, 15) is 29.1 Å². The van der Waals surface area contributed by atoms with Crippen LogP contribution in [0.5, 0.6) is 0 Å². The Balaban J connectivity index is 1.41. The van der Waals surface area contributed by atoms with Crippen molar-refractivity contribution in [2.45, 2.75) is 43.7 Å². The van der Waals surface area contributed by atoms with Gasteiger partial charge in [-0.25, -0.2) is 14.4 Å². The first kappa shape index (κ1) is 25.5. The summed E-state index contributed by atoms with van der Waals surface area (Å²) in [6, 6.07) is 4.71. The van der Waals surface area contributed by atoms with Gasteiger partial charge in [-0.15, -0.1) is 11.8 Å². The molecular formula is C23H25N3O9S. The molecule has 6 atom stereocenters. The number of hydrogen-bond donors (Lipinski definition) is 5. The fourth-order valence-corrected chi connectivity index (χ4v) is 6.10. The number of aliphatic carboxylic acids is 1. The normalized spacial score (nSPS) is 29.8. The number of carboxylic acids is 2. The molecule has 1 aromatic rings. The molecule has 0 spiro atoms. The van der Waals surface area contributed by atoms with E-state index in [0.717, 1.165) is 0 Å². The molecule has 2 fully saturated rings. The van der Waals surface area contributed by atoms with Gasteiger partial charge < -0.3 is 35.6 Å². The quantitative estimate of drug-likeness (QED) is 0.258. The fourth-order valence-electron chi connectivity index (χ4n) is 4.65. The van der Waals surface area contributed by atoms with E-state index < -0.39 is 54.1 Å². The van der Waals surface area contributed by atoms with Crippen molar-refractivity contribution >= 4 is 47.4 Å². The maximum atomic E-state index is 12.7. The van der Waals surface area contributed by atoms with Gasteiger partial charge in [-0.3, -0.25) is 9.59 Å². The number of rotatable bonds is 7. The first-order valence-electron chi connectivity index (χ1n) is 11.3. The summed E-state index contributed by atoms with van der Waals surface area (Å²) < 4.78 is 9.63. The van der Waals surface area contributed by atoms with Crippen molar-refractivity contribution in [3.05, 3.63) is 40.4 Å². The molecule has 4 rings (SSSR count). The molecule has 0 aromatic heterocycles. The second-order valence-corrected chi connectivity index (χ2v) is 10.2. The van der Waals surface area contributed by atoms with Crippen LogP contribution in [0.3, 0.4) is 0 Å². The van der Waals surface area contributed by atoms with E-state index in [1.807, 2.05) is 0 Å². The highest BCUT2D eigenvalue weighted by atomic mass is 32.2. The van der Waals surface area contributed by atoms with Crippen molar-refractivity contribution in [3.63, 3.8) is 0 Å². The summed E-state index contributed by atoms with van der Waals surface area (Å²) in [6.07, 6.45) is -1.46. The Kier molecular flexibility index (Phi) is 7.22. The molecule has 0 radical (unpaired) electrons. The van der Waals surface area contributed by atoms with Gasteiger partial charge in [-0.05, 0) is 31.5 Å². The maximum Gasteiger partial charge on any atom is 0.516 e. The zero-order chi connectivity index (χ0) is 26.1. The number of carbonyl (C=O) groups excluding carboxylic acids is 3. The third-order valence-electron chi connectivity index (χ3n) is 6.43. The molecule has 2 saturated heterocycles. The molecule has 12 nitrogen and oxygen atoms in total. The van der Waals surface area contributed by atoms with Crippen LogP contribution in [0.4, 0.5) is 10.5 Å². The van der Waals surface area contributed by atoms with Crippen molar-refractivity contribution in [1.82, 2.24) is 10.6 Å². The number of thioether (sulfide) groups is 1. The number of hydrogen-bond acceptors (Lipinski definition) is 10. The van der Waals surface area contributed by atoms with Crippen LogP contribution in [0, 0.1) is 11.8 Å². The summed E-state index contributed by atoms with van der Waals surface area (Å²) in [6.45, 7) is 3.78. The standard InChI is InChI=1S/C23H25N3O9S/c1-9-16(15-10(2)34-23(33)35-22(15)32)26-17(21(30)31)18(9)36-13-7-14(24-8-13)19(27)25-12-5-3-4-11(6-12)20(28)29/h3-6,9-10,13-16,24,26H,7-8H2,1-2H3,(H,25,27)(H,28,29)(H,30,31)/t9-,10+,13+,14+,15-,16-/m1/s1. The molecule has 0 aliphatic carbocycles. The van der Waals surface area contributed by atoms with Crippen molar-refractivity contribution in [1.29, 1.82) is 0 Å². The number of carboxylic acid groups (broad SMARTS) is 2. The monoisotopic (exact) mass is 519 g/mol. The van der Waals surface area contributed by atoms with E-state index in [-0.39, 0.29) is 22.4 Å². The molecule has 0 bridgehead atoms. The lowest BCUT2D eigenvalue weighted by Crippen LogP contribution is -2.51. The molecule has 0 saturated carbocycles. The van der Waals surface area contributed by atoms with Gasteiger partial charge in [0, 0.05) is 28.3 Å². The molecule has 36 heavy (non-hydrogen) atoms. The maximum absolute atomic E-state index is 12.7.